The summed E-state index contributed by atoms with van der Waals surface area (Å²) in [6.07, 6.45) is 2.02. The lowest BCUT2D eigenvalue weighted by Crippen LogP contribution is -2.49. The van der Waals surface area contributed by atoms with Crippen LogP contribution in [0.25, 0.3) is 0 Å². The van der Waals surface area contributed by atoms with Gasteiger partial charge in [0.05, 0.1) is 19.3 Å². The predicted molar refractivity (Wildman–Crippen MR) is 59.6 cm³/mol. The summed E-state index contributed by atoms with van der Waals surface area (Å²) < 4.78 is 29.8. The van der Waals surface area contributed by atoms with Crippen LogP contribution in [-0.4, -0.2) is 31.5 Å². The summed E-state index contributed by atoms with van der Waals surface area (Å²) in [5.41, 5.74) is -0.0662. The van der Waals surface area contributed by atoms with E-state index in [2.05, 4.69) is 0 Å². The molecule has 2 aliphatic rings. The molecule has 0 N–H and O–H groups in total. The maximum atomic E-state index is 13.3. The highest BCUT2D eigenvalue weighted by Crippen LogP contribution is 2.36. The minimum atomic E-state index is -0.327. The minimum absolute atomic E-state index is 0.0542. The Balaban J connectivity index is 1.54. The first-order chi connectivity index (χ1) is 8.27. The molecule has 3 rings (SSSR count). The van der Waals surface area contributed by atoms with Crippen LogP contribution in [0.4, 0.5) is 4.39 Å². The minimum Gasteiger partial charge on any atom is -0.488 e. The number of benzene rings is 1. The van der Waals surface area contributed by atoms with Crippen molar-refractivity contribution in [2.45, 2.75) is 24.5 Å². The van der Waals surface area contributed by atoms with Crippen LogP contribution >= 0.6 is 0 Å². The van der Waals surface area contributed by atoms with E-state index in [9.17, 15) is 4.39 Å². The first kappa shape index (κ1) is 11.0. The molecule has 0 bridgehead atoms. The average Bonchev–Trinajstić information content (AvgIpc) is 2.72. The van der Waals surface area contributed by atoms with Crippen molar-refractivity contribution in [1.29, 1.82) is 0 Å². The fraction of sp³-hybridized carbons (Fsp3) is 0.538. The van der Waals surface area contributed by atoms with Crippen molar-refractivity contribution in [3.05, 3.63) is 30.1 Å². The van der Waals surface area contributed by atoms with Crippen molar-refractivity contribution < 1.29 is 18.6 Å². The zero-order valence-corrected chi connectivity index (χ0v) is 9.52. The standard InChI is InChI=1S/C13H15FO3/c14-11-3-1-2-4-12(11)16-7-10-5-6-13(17-10)8-15-9-13/h1-4,10H,5-9H2. The number of hydrogen-bond acceptors (Lipinski definition) is 3. The molecule has 3 nitrogen and oxygen atoms in total. The lowest BCUT2D eigenvalue weighted by molar-refractivity contribution is -0.203. The van der Waals surface area contributed by atoms with E-state index in [4.69, 9.17) is 14.2 Å². The molecular weight excluding hydrogens is 223 g/mol. The Morgan fingerprint density at radius 2 is 2.18 bits per heavy atom. The van der Waals surface area contributed by atoms with Crippen LogP contribution < -0.4 is 4.74 Å². The van der Waals surface area contributed by atoms with Gasteiger partial charge in [-0.05, 0) is 25.0 Å². The molecule has 0 amide bonds. The van der Waals surface area contributed by atoms with E-state index in [1.165, 1.54) is 6.07 Å². The number of hydrogen-bond donors (Lipinski definition) is 0. The van der Waals surface area contributed by atoms with Crippen molar-refractivity contribution in [2.75, 3.05) is 19.8 Å². The molecule has 1 atom stereocenters. The number of rotatable bonds is 3. The second-order valence-corrected chi connectivity index (χ2v) is 4.70. The molecule has 0 saturated carbocycles. The Hall–Kier alpha value is -1.13. The van der Waals surface area contributed by atoms with Gasteiger partial charge >= 0.3 is 0 Å². The van der Waals surface area contributed by atoms with E-state index < -0.39 is 0 Å². The SMILES string of the molecule is Fc1ccccc1OCC1CCC2(COC2)O1. The molecule has 1 unspecified atom stereocenters. The first-order valence-corrected chi connectivity index (χ1v) is 5.90. The summed E-state index contributed by atoms with van der Waals surface area (Å²) in [7, 11) is 0. The Morgan fingerprint density at radius 3 is 2.82 bits per heavy atom. The normalized spacial score (nSPS) is 25.8. The summed E-state index contributed by atoms with van der Waals surface area (Å²) in [6.45, 7) is 1.77. The zero-order chi connectivity index (χ0) is 11.7. The lowest BCUT2D eigenvalue weighted by atomic mass is 9.98. The predicted octanol–water partition coefficient (Wildman–Crippen LogP) is 2.15. The highest BCUT2D eigenvalue weighted by Gasteiger charge is 2.46. The average molecular weight is 238 g/mol. The molecule has 2 aliphatic heterocycles. The van der Waals surface area contributed by atoms with Crippen molar-refractivity contribution in [2.24, 2.45) is 0 Å². The van der Waals surface area contributed by atoms with Gasteiger partial charge < -0.3 is 14.2 Å². The Morgan fingerprint density at radius 1 is 1.35 bits per heavy atom. The lowest BCUT2D eigenvalue weighted by Gasteiger charge is -2.37. The fourth-order valence-corrected chi connectivity index (χ4v) is 2.30. The number of para-hydroxylation sites is 1. The second kappa shape index (κ2) is 4.27. The highest BCUT2D eigenvalue weighted by molar-refractivity contribution is 5.23. The van der Waals surface area contributed by atoms with Crippen molar-refractivity contribution >= 4 is 0 Å². The van der Waals surface area contributed by atoms with Gasteiger partial charge in [0, 0.05) is 0 Å². The summed E-state index contributed by atoms with van der Waals surface area (Å²) in [5.74, 6) is -0.0332. The monoisotopic (exact) mass is 238 g/mol. The summed E-state index contributed by atoms with van der Waals surface area (Å²) >= 11 is 0. The molecule has 1 aromatic carbocycles. The molecular formula is C13H15FO3. The van der Waals surface area contributed by atoms with Gasteiger partial charge in [-0.1, -0.05) is 12.1 Å². The van der Waals surface area contributed by atoms with Crippen molar-refractivity contribution in [3.8, 4) is 5.75 Å². The third-order valence-corrected chi connectivity index (χ3v) is 3.33. The summed E-state index contributed by atoms with van der Waals surface area (Å²) in [6, 6.07) is 6.43. The highest BCUT2D eigenvalue weighted by atomic mass is 19.1. The molecule has 0 aromatic heterocycles. The van der Waals surface area contributed by atoms with E-state index in [-0.39, 0.29) is 17.5 Å². The third kappa shape index (κ3) is 2.15. The van der Waals surface area contributed by atoms with Crippen LogP contribution in [0.1, 0.15) is 12.8 Å². The number of halogens is 1. The Kier molecular flexibility index (Phi) is 2.76. The van der Waals surface area contributed by atoms with Crippen molar-refractivity contribution in [3.63, 3.8) is 0 Å². The molecule has 1 spiro atoms. The molecule has 2 saturated heterocycles. The zero-order valence-electron chi connectivity index (χ0n) is 9.52. The van der Waals surface area contributed by atoms with Crippen LogP contribution in [-0.2, 0) is 9.47 Å². The topological polar surface area (TPSA) is 27.7 Å². The third-order valence-electron chi connectivity index (χ3n) is 3.33. The van der Waals surface area contributed by atoms with Gasteiger partial charge in [-0.2, -0.15) is 0 Å². The summed E-state index contributed by atoms with van der Waals surface area (Å²) in [4.78, 5) is 0. The molecule has 2 fully saturated rings. The maximum absolute atomic E-state index is 13.3. The largest absolute Gasteiger partial charge is 0.488 e. The number of ether oxygens (including phenoxy) is 3. The van der Waals surface area contributed by atoms with Gasteiger partial charge in [-0.3, -0.25) is 0 Å². The van der Waals surface area contributed by atoms with Gasteiger partial charge in [-0.15, -0.1) is 0 Å². The first-order valence-electron chi connectivity index (χ1n) is 5.90. The molecule has 17 heavy (non-hydrogen) atoms. The van der Waals surface area contributed by atoms with E-state index in [1.54, 1.807) is 18.2 Å². The molecule has 2 heterocycles. The van der Waals surface area contributed by atoms with Crippen LogP contribution in [0.2, 0.25) is 0 Å². The van der Waals surface area contributed by atoms with Gasteiger partial charge in [0.2, 0.25) is 0 Å². The molecule has 4 heteroatoms. The van der Waals surface area contributed by atoms with E-state index in [0.717, 1.165) is 12.8 Å². The van der Waals surface area contributed by atoms with E-state index in [1.807, 2.05) is 0 Å². The smallest absolute Gasteiger partial charge is 0.165 e. The van der Waals surface area contributed by atoms with Gasteiger partial charge in [-0.25, -0.2) is 4.39 Å². The fourth-order valence-electron chi connectivity index (χ4n) is 2.30. The molecule has 92 valence electrons. The quantitative estimate of drug-likeness (QED) is 0.807. The second-order valence-electron chi connectivity index (χ2n) is 4.70. The van der Waals surface area contributed by atoms with Gasteiger partial charge in [0.1, 0.15) is 12.2 Å². The van der Waals surface area contributed by atoms with Crippen LogP contribution in [0.15, 0.2) is 24.3 Å². The van der Waals surface area contributed by atoms with Gasteiger partial charge in [0.15, 0.2) is 11.6 Å². The van der Waals surface area contributed by atoms with E-state index in [0.29, 0.717) is 25.6 Å². The molecule has 0 aliphatic carbocycles. The van der Waals surface area contributed by atoms with Crippen molar-refractivity contribution in [1.82, 2.24) is 0 Å². The molecule has 1 aromatic rings. The Bertz CT molecular complexity index is 403. The summed E-state index contributed by atoms with van der Waals surface area (Å²) in [5, 5.41) is 0. The van der Waals surface area contributed by atoms with Gasteiger partial charge in [0.25, 0.3) is 0 Å². The van der Waals surface area contributed by atoms with Crippen LogP contribution in [0.3, 0.4) is 0 Å². The van der Waals surface area contributed by atoms with Crippen LogP contribution in [0, 0.1) is 5.82 Å². The molecule has 0 radical (unpaired) electrons. The maximum Gasteiger partial charge on any atom is 0.165 e. The Labute approximate surface area is 99.5 Å². The van der Waals surface area contributed by atoms with Crippen LogP contribution in [0.5, 0.6) is 5.75 Å². The van der Waals surface area contributed by atoms with E-state index >= 15 is 0 Å².